The standard InChI is InChI=1S/C23H25N3O3/c1-26-12-10-17(11-13-26)24-21(15-6-4-3-5-7-15)20-18-9-8-16(23(28)29-2)14-19(18)25-22(20)27/h3-9,14,17,25,27H,10-13H2,1-2H3. The minimum atomic E-state index is -0.411. The lowest BCUT2D eigenvalue weighted by Gasteiger charge is -2.27. The van der Waals surface area contributed by atoms with E-state index in [1.807, 2.05) is 36.4 Å². The van der Waals surface area contributed by atoms with Crippen LogP contribution in [0.5, 0.6) is 5.88 Å². The van der Waals surface area contributed by atoms with Crippen molar-refractivity contribution in [1.82, 2.24) is 9.88 Å². The highest BCUT2D eigenvalue weighted by Gasteiger charge is 2.22. The fourth-order valence-electron chi connectivity index (χ4n) is 3.85. The molecule has 2 heterocycles. The zero-order chi connectivity index (χ0) is 20.4. The van der Waals surface area contributed by atoms with Gasteiger partial charge in [0.1, 0.15) is 0 Å². The molecule has 2 N–H and O–H groups in total. The van der Waals surface area contributed by atoms with Gasteiger partial charge in [-0.25, -0.2) is 4.79 Å². The van der Waals surface area contributed by atoms with Crippen molar-refractivity contribution in [1.29, 1.82) is 0 Å². The van der Waals surface area contributed by atoms with Crippen molar-refractivity contribution in [2.75, 3.05) is 27.2 Å². The van der Waals surface area contributed by atoms with Gasteiger partial charge in [0.05, 0.1) is 30.0 Å². The van der Waals surface area contributed by atoms with Crippen molar-refractivity contribution in [3.8, 4) is 5.88 Å². The van der Waals surface area contributed by atoms with Gasteiger partial charge in [0.15, 0.2) is 5.88 Å². The zero-order valence-electron chi connectivity index (χ0n) is 16.7. The molecule has 150 valence electrons. The molecule has 0 bridgehead atoms. The lowest BCUT2D eigenvalue weighted by molar-refractivity contribution is 0.0601. The van der Waals surface area contributed by atoms with Crippen molar-refractivity contribution in [2.24, 2.45) is 4.99 Å². The normalized spacial score (nSPS) is 16.3. The second-order valence-corrected chi connectivity index (χ2v) is 7.48. The van der Waals surface area contributed by atoms with Gasteiger partial charge in [-0.15, -0.1) is 0 Å². The fraction of sp³-hybridized carbons (Fsp3) is 0.304. The molecule has 29 heavy (non-hydrogen) atoms. The second-order valence-electron chi connectivity index (χ2n) is 7.48. The lowest BCUT2D eigenvalue weighted by atomic mass is 9.98. The number of rotatable bonds is 4. The van der Waals surface area contributed by atoms with E-state index < -0.39 is 5.97 Å². The molecule has 0 unspecified atom stereocenters. The number of methoxy groups -OCH3 is 1. The minimum Gasteiger partial charge on any atom is -0.494 e. The van der Waals surface area contributed by atoms with E-state index >= 15 is 0 Å². The predicted molar refractivity (Wildman–Crippen MR) is 114 cm³/mol. The summed E-state index contributed by atoms with van der Waals surface area (Å²) < 4.78 is 4.81. The number of nitrogens with zero attached hydrogens (tertiary/aromatic N) is 2. The minimum absolute atomic E-state index is 0.0533. The summed E-state index contributed by atoms with van der Waals surface area (Å²) in [6, 6.07) is 15.4. The molecule has 0 atom stereocenters. The van der Waals surface area contributed by atoms with Crippen LogP contribution < -0.4 is 0 Å². The summed E-state index contributed by atoms with van der Waals surface area (Å²) in [7, 11) is 3.48. The Labute approximate surface area is 169 Å². The first-order valence-corrected chi connectivity index (χ1v) is 9.82. The van der Waals surface area contributed by atoms with Crippen LogP contribution in [0, 0.1) is 0 Å². The SMILES string of the molecule is COC(=O)c1ccc2c(C(=NC3CCN(C)CC3)c3ccccc3)c(O)[nH]c2c1. The number of aliphatic imine (C=N–C) groups is 1. The average molecular weight is 391 g/mol. The molecule has 6 nitrogen and oxygen atoms in total. The third kappa shape index (κ3) is 3.89. The number of ether oxygens (including phenoxy) is 1. The highest BCUT2D eigenvalue weighted by atomic mass is 16.5. The molecule has 1 aliphatic heterocycles. The maximum absolute atomic E-state index is 11.9. The summed E-state index contributed by atoms with van der Waals surface area (Å²) in [6.07, 6.45) is 1.98. The van der Waals surface area contributed by atoms with Crippen LogP contribution in [0.3, 0.4) is 0 Å². The highest BCUT2D eigenvalue weighted by Crippen LogP contribution is 2.31. The Hall–Kier alpha value is -3.12. The first-order valence-electron chi connectivity index (χ1n) is 9.82. The third-order valence-electron chi connectivity index (χ3n) is 5.48. The zero-order valence-corrected chi connectivity index (χ0v) is 16.7. The number of fused-ring (bicyclic) bond motifs is 1. The maximum atomic E-state index is 11.9. The molecule has 6 heteroatoms. The number of carbonyl (C=O) groups is 1. The molecule has 0 amide bonds. The highest BCUT2D eigenvalue weighted by molar-refractivity contribution is 6.21. The molecule has 0 saturated carbocycles. The molecule has 1 fully saturated rings. The molecule has 2 aromatic carbocycles. The Morgan fingerprint density at radius 3 is 2.55 bits per heavy atom. The van der Waals surface area contributed by atoms with Crippen LogP contribution in [-0.4, -0.2) is 60.0 Å². The van der Waals surface area contributed by atoms with Crippen molar-refractivity contribution in [3.05, 3.63) is 65.2 Å². The predicted octanol–water partition coefficient (Wildman–Crippen LogP) is 3.59. The van der Waals surface area contributed by atoms with Gasteiger partial charge < -0.3 is 19.7 Å². The van der Waals surface area contributed by atoms with Crippen LogP contribution in [0.4, 0.5) is 0 Å². The van der Waals surface area contributed by atoms with Gasteiger partial charge >= 0.3 is 5.97 Å². The summed E-state index contributed by atoms with van der Waals surface area (Å²) in [5, 5.41) is 11.6. The van der Waals surface area contributed by atoms with Gasteiger partial charge in [0.25, 0.3) is 0 Å². The van der Waals surface area contributed by atoms with Crippen molar-refractivity contribution >= 4 is 22.6 Å². The van der Waals surface area contributed by atoms with Crippen molar-refractivity contribution in [3.63, 3.8) is 0 Å². The van der Waals surface area contributed by atoms with Crippen LogP contribution in [0.25, 0.3) is 10.9 Å². The van der Waals surface area contributed by atoms with Crippen LogP contribution in [0.1, 0.15) is 34.3 Å². The largest absolute Gasteiger partial charge is 0.494 e. The smallest absolute Gasteiger partial charge is 0.337 e. The van der Waals surface area contributed by atoms with Crippen LogP contribution in [0.15, 0.2) is 53.5 Å². The number of hydrogen-bond donors (Lipinski definition) is 2. The van der Waals surface area contributed by atoms with Gasteiger partial charge in [-0.3, -0.25) is 4.99 Å². The topological polar surface area (TPSA) is 77.9 Å². The monoisotopic (exact) mass is 391 g/mol. The summed E-state index contributed by atoms with van der Waals surface area (Å²) >= 11 is 0. The number of aromatic hydroxyl groups is 1. The Balaban J connectivity index is 1.83. The number of piperidine rings is 1. The quantitative estimate of drug-likeness (QED) is 0.526. The summed E-state index contributed by atoms with van der Waals surface area (Å²) in [4.78, 5) is 22.3. The first-order chi connectivity index (χ1) is 14.1. The first kappa shape index (κ1) is 19.2. The van der Waals surface area contributed by atoms with Gasteiger partial charge in [0.2, 0.25) is 0 Å². The fourth-order valence-corrected chi connectivity index (χ4v) is 3.85. The van der Waals surface area contributed by atoms with E-state index in [1.165, 1.54) is 7.11 Å². The number of carbonyl (C=O) groups excluding carboxylic acids is 1. The molecule has 0 radical (unpaired) electrons. The average Bonchev–Trinajstić information content (AvgIpc) is 3.08. The van der Waals surface area contributed by atoms with Gasteiger partial charge in [-0.2, -0.15) is 0 Å². The molecule has 0 spiro atoms. The number of benzene rings is 2. The number of aromatic nitrogens is 1. The molecule has 3 aromatic rings. The van der Waals surface area contributed by atoms with E-state index in [4.69, 9.17) is 9.73 Å². The third-order valence-corrected chi connectivity index (χ3v) is 5.48. The van der Waals surface area contributed by atoms with Gasteiger partial charge in [-0.1, -0.05) is 36.4 Å². The number of hydrogen-bond acceptors (Lipinski definition) is 5. The van der Waals surface area contributed by atoms with Gasteiger partial charge in [0, 0.05) is 16.5 Å². The van der Waals surface area contributed by atoms with Crippen LogP contribution in [-0.2, 0) is 4.74 Å². The molecule has 0 aliphatic carbocycles. The van der Waals surface area contributed by atoms with Gasteiger partial charge in [-0.05, 0) is 45.1 Å². The van der Waals surface area contributed by atoms with Crippen LogP contribution in [0.2, 0.25) is 0 Å². The molecule has 1 aliphatic rings. The van der Waals surface area contributed by atoms with E-state index in [-0.39, 0.29) is 11.9 Å². The summed E-state index contributed by atoms with van der Waals surface area (Å²) in [6.45, 7) is 2.02. The second kappa shape index (κ2) is 8.09. The van der Waals surface area contributed by atoms with E-state index in [0.717, 1.165) is 42.6 Å². The molecule has 1 aromatic heterocycles. The molecule has 1 saturated heterocycles. The Kier molecular flexibility index (Phi) is 5.36. The van der Waals surface area contributed by atoms with Crippen molar-refractivity contribution in [2.45, 2.75) is 18.9 Å². The van der Waals surface area contributed by atoms with E-state index in [2.05, 4.69) is 16.9 Å². The summed E-state index contributed by atoms with van der Waals surface area (Å²) in [5.74, 6) is -0.358. The number of aromatic amines is 1. The Bertz CT molecular complexity index is 1050. The molecular weight excluding hydrogens is 366 g/mol. The number of esters is 1. The number of H-pyrrole nitrogens is 1. The Morgan fingerprint density at radius 1 is 1.14 bits per heavy atom. The Morgan fingerprint density at radius 2 is 1.86 bits per heavy atom. The lowest BCUT2D eigenvalue weighted by Crippen LogP contribution is -2.32. The molecular formula is C23H25N3O3. The van der Waals surface area contributed by atoms with E-state index in [9.17, 15) is 9.90 Å². The number of likely N-dealkylation sites (tertiary alicyclic amines) is 1. The number of nitrogens with one attached hydrogen (secondary N) is 1. The van der Waals surface area contributed by atoms with Crippen LogP contribution >= 0.6 is 0 Å². The summed E-state index contributed by atoms with van der Waals surface area (Å²) in [5.41, 5.74) is 3.50. The maximum Gasteiger partial charge on any atom is 0.337 e. The van der Waals surface area contributed by atoms with E-state index in [1.54, 1.807) is 12.1 Å². The van der Waals surface area contributed by atoms with E-state index in [0.29, 0.717) is 16.6 Å². The van der Waals surface area contributed by atoms with Crippen molar-refractivity contribution < 1.29 is 14.6 Å². The molecule has 4 rings (SSSR count).